The molecule has 0 spiro atoms. The van der Waals surface area contributed by atoms with Crippen LogP contribution in [0.1, 0.15) is 18.1 Å². The Bertz CT molecular complexity index is 339. The highest BCUT2D eigenvalue weighted by atomic mass is 35.5. The van der Waals surface area contributed by atoms with Crippen molar-refractivity contribution < 1.29 is 4.74 Å². The van der Waals surface area contributed by atoms with Crippen molar-refractivity contribution in [3.8, 4) is 5.75 Å². The van der Waals surface area contributed by atoms with Crippen LogP contribution in [0.4, 0.5) is 0 Å². The van der Waals surface area contributed by atoms with Crippen LogP contribution in [0.15, 0.2) is 12.1 Å². The van der Waals surface area contributed by atoms with Crippen molar-refractivity contribution >= 4 is 11.6 Å². The van der Waals surface area contributed by atoms with E-state index in [9.17, 15) is 0 Å². The second-order valence-electron chi connectivity index (χ2n) is 3.74. The zero-order valence-electron chi connectivity index (χ0n) is 9.80. The first kappa shape index (κ1) is 12.3. The van der Waals surface area contributed by atoms with Crippen molar-refractivity contribution in [2.75, 3.05) is 20.7 Å². The molecule has 0 heterocycles. The average Bonchev–Trinajstić information content (AvgIpc) is 2.22. The van der Waals surface area contributed by atoms with Crippen LogP contribution in [0.25, 0.3) is 0 Å². The van der Waals surface area contributed by atoms with Crippen LogP contribution < -0.4 is 4.74 Å². The molecule has 0 aliphatic rings. The largest absolute Gasteiger partial charge is 0.495 e. The maximum absolute atomic E-state index is 6.08. The van der Waals surface area contributed by atoms with Gasteiger partial charge in [0.15, 0.2) is 0 Å². The van der Waals surface area contributed by atoms with E-state index in [0.29, 0.717) is 5.02 Å². The Morgan fingerprint density at radius 1 is 1.40 bits per heavy atom. The first-order valence-corrected chi connectivity index (χ1v) is 5.47. The first-order chi connectivity index (χ1) is 7.08. The molecular weight excluding hydrogens is 210 g/mol. The third kappa shape index (κ3) is 3.11. The van der Waals surface area contributed by atoms with Crippen molar-refractivity contribution in [3.63, 3.8) is 0 Å². The van der Waals surface area contributed by atoms with Gasteiger partial charge in [0.1, 0.15) is 5.75 Å². The third-order valence-electron chi connectivity index (χ3n) is 2.59. The molecule has 0 aliphatic heterocycles. The summed E-state index contributed by atoms with van der Waals surface area (Å²) >= 11 is 6.08. The number of aryl methyl sites for hydroxylation is 1. The highest BCUT2D eigenvalue weighted by Crippen LogP contribution is 2.28. The van der Waals surface area contributed by atoms with Crippen molar-refractivity contribution in [2.24, 2.45) is 0 Å². The second-order valence-corrected chi connectivity index (χ2v) is 4.15. The molecule has 0 saturated heterocycles. The van der Waals surface area contributed by atoms with E-state index in [-0.39, 0.29) is 0 Å². The molecule has 1 aromatic rings. The van der Waals surface area contributed by atoms with E-state index in [2.05, 4.69) is 25.8 Å². The highest BCUT2D eigenvalue weighted by Gasteiger charge is 2.07. The van der Waals surface area contributed by atoms with Crippen LogP contribution in [0.2, 0.25) is 5.02 Å². The Hall–Kier alpha value is -0.730. The third-order valence-corrected chi connectivity index (χ3v) is 2.89. The molecule has 0 atom stereocenters. The predicted molar refractivity (Wildman–Crippen MR) is 64.7 cm³/mol. The van der Waals surface area contributed by atoms with E-state index in [4.69, 9.17) is 16.3 Å². The summed E-state index contributed by atoms with van der Waals surface area (Å²) < 4.78 is 5.17. The normalized spacial score (nSPS) is 10.8. The maximum atomic E-state index is 6.08. The quantitative estimate of drug-likeness (QED) is 0.784. The van der Waals surface area contributed by atoms with Crippen molar-refractivity contribution in [1.29, 1.82) is 0 Å². The summed E-state index contributed by atoms with van der Waals surface area (Å²) in [5.41, 5.74) is 2.47. The van der Waals surface area contributed by atoms with Gasteiger partial charge >= 0.3 is 0 Å². The van der Waals surface area contributed by atoms with Gasteiger partial charge in [-0.05, 0) is 43.8 Å². The fourth-order valence-electron chi connectivity index (χ4n) is 1.43. The molecule has 0 amide bonds. The predicted octanol–water partition coefficient (Wildman–Crippen LogP) is 3.11. The Morgan fingerprint density at radius 2 is 2.07 bits per heavy atom. The van der Waals surface area contributed by atoms with Gasteiger partial charge in [0.2, 0.25) is 0 Å². The van der Waals surface area contributed by atoms with Crippen molar-refractivity contribution in [3.05, 3.63) is 28.3 Å². The van der Waals surface area contributed by atoms with Crippen LogP contribution in [0, 0.1) is 6.92 Å². The molecule has 0 bridgehead atoms. The van der Waals surface area contributed by atoms with E-state index >= 15 is 0 Å². The van der Waals surface area contributed by atoms with Gasteiger partial charge in [-0.3, -0.25) is 0 Å². The fourth-order valence-corrected chi connectivity index (χ4v) is 1.69. The van der Waals surface area contributed by atoms with Gasteiger partial charge in [0, 0.05) is 6.54 Å². The lowest BCUT2D eigenvalue weighted by Gasteiger charge is -2.16. The van der Waals surface area contributed by atoms with Gasteiger partial charge in [0.05, 0.1) is 12.1 Å². The zero-order chi connectivity index (χ0) is 11.4. The monoisotopic (exact) mass is 227 g/mol. The number of halogens is 1. The SMILES string of the molecule is CCN(C)Cc1cc(Cl)c(OC)cc1C. The number of hydrogen-bond donors (Lipinski definition) is 0. The molecule has 15 heavy (non-hydrogen) atoms. The van der Waals surface area contributed by atoms with Gasteiger partial charge in [-0.2, -0.15) is 0 Å². The van der Waals surface area contributed by atoms with Crippen LogP contribution >= 0.6 is 11.6 Å². The minimum atomic E-state index is 0.683. The van der Waals surface area contributed by atoms with Crippen LogP contribution in [0.5, 0.6) is 5.75 Å². The minimum Gasteiger partial charge on any atom is -0.495 e. The molecule has 0 aromatic heterocycles. The van der Waals surface area contributed by atoms with E-state index in [1.54, 1.807) is 7.11 Å². The summed E-state index contributed by atoms with van der Waals surface area (Å²) in [6.45, 7) is 6.17. The molecule has 0 radical (unpaired) electrons. The van der Waals surface area contributed by atoms with Gasteiger partial charge < -0.3 is 9.64 Å². The van der Waals surface area contributed by atoms with Crippen molar-refractivity contribution in [1.82, 2.24) is 4.90 Å². The molecule has 0 aliphatic carbocycles. The summed E-state index contributed by atoms with van der Waals surface area (Å²) in [6.07, 6.45) is 0. The maximum Gasteiger partial charge on any atom is 0.137 e. The molecule has 0 unspecified atom stereocenters. The van der Waals surface area contributed by atoms with Crippen LogP contribution in [0.3, 0.4) is 0 Å². The number of ether oxygens (including phenoxy) is 1. The lowest BCUT2D eigenvalue weighted by Crippen LogP contribution is -2.17. The Kier molecular flexibility index (Phi) is 4.43. The summed E-state index contributed by atoms with van der Waals surface area (Å²) in [5, 5.41) is 0.683. The number of nitrogens with zero attached hydrogens (tertiary/aromatic N) is 1. The molecule has 3 heteroatoms. The number of benzene rings is 1. The van der Waals surface area contributed by atoms with Gasteiger partial charge in [-0.25, -0.2) is 0 Å². The van der Waals surface area contributed by atoms with E-state index in [1.807, 2.05) is 12.1 Å². The van der Waals surface area contributed by atoms with Gasteiger partial charge in [-0.15, -0.1) is 0 Å². The zero-order valence-corrected chi connectivity index (χ0v) is 10.6. The van der Waals surface area contributed by atoms with Gasteiger partial charge in [-0.1, -0.05) is 18.5 Å². The van der Waals surface area contributed by atoms with Crippen LogP contribution in [-0.2, 0) is 6.54 Å². The summed E-state index contributed by atoms with van der Waals surface area (Å²) in [4.78, 5) is 2.24. The number of hydrogen-bond acceptors (Lipinski definition) is 2. The standard InChI is InChI=1S/C12H18ClNO/c1-5-14(3)8-10-7-11(13)12(15-4)6-9(10)2/h6-7H,5,8H2,1-4H3. The summed E-state index contributed by atoms with van der Waals surface area (Å²) in [7, 11) is 3.73. The van der Waals surface area contributed by atoms with Crippen LogP contribution in [-0.4, -0.2) is 25.6 Å². The van der Waals surface area contributed by atoms with Crippen molar-refractivity contribution in [2.45, 2.75) is 20.4 Å². The molecule has 1 aromatic carbocycles. The molecule has 0 fully saturated rings. The topological polar surface area (TPSA) is 12.5 Å². The fraction of sp³-hybridized carbons (Fsp3) is 0.500. The molecule has 2 nitrogen and oxygen atoms in total. The van der Waals surface area contributed by atoms with E-state index in [1.165, 1.54) is 11.1 Å². The Balaban J connectivity index is 2.95. The molecule has 1 rings (SSSR count). The summed E-state index contributed by atoms with van der Waals surface area (Å²) in [5.74, 6) is 0.747. The van der Waals surface area contributed by atoms with E-state index in [0.717, 1.165) is 18.8 Å². The lowest BCUT2D eigenvalue weighted by atomic mass is 10.1. The first-order valence-electron chi connectivity index (χ1n) is 5.10. The average molecular weight is 228 g/mol. The number of rotatable bonds is 4. The molecule has 0 saturated carbocycles. The highest BCUT2D eigenvalue weighted by molar-refractivity contribution is 6.32. The lowest BCUT2D eigenvalue weighted by molar-refractivity contribution is 0.344. The Labute approximate surface area is 96.8 Å². The van der Waals surface area contributed by atoms with Gasteiger partial charge in [0.25, 0.3) is 0 Å². The number of methoxy groups -OCH3 is 1. The minimum absolute atomic E-state index is 0.683. The summed E-state index contributed by atoms with van der Waals surface area (Å²) in [6, 6.07) is 3.98. The molecular formula is C12H18ClNO. The smallest absolute Gasteiger partial charge is 0.137 e. The molecule has 84 valence electrons. The second kappa shape index (κ2) is 5.38. The Morgan fingerprint density at radius 3 is 2.60 bits per heavy atom. The molecule has 0 N–H and O–H groups in total. The van der Waals surface area contributed by atoms with E-state index < -0.39 is 0 Å².